The standard InChI is InChI=1S/C16H15ClN2O4/c1-21-14-8-3-11(9-15(14)22-2)10-18-23-16(20)19-13-6-4-12(17)5-7-13/h3-10H,1-2H3,(H,19,20). The molecule has 2 rings (SSSR count). The molecule has 1 amide bonds. The van der Waals surface area contributed by atoms with Gasteiger partial charge in [0.15, 0.2) is 11.5 Å². The zero-order valence-electron chi connectivity index (χ0n) is 12.6. The smallest absolute Gasteiger partial charge is 0.437 e. The molecule has 6 nitrogen and oxygen atoms in total. The van der Waals surface area contributed by atoms with Crippen LogP contribution in [-0.2, 0) is 4.84 Å². The molecule has 0 aliphatic heterocycles. The zero-order chi connectivity index (χ0) is 16.7. The molecule has 0 fully saturated rings. The molecule has 2 aromatic rings. The average molecular weight is 335 g/mol. The molecule has 120 valence electrons. The monoisotopic (exact) mass is 334 g/mol. The number of nitrogens with zero attached hydrogens (tertiary/aromatic N) is 1. The summed E-state index contributed by atoms with van der Waals surface area (Å²) < 4.78 is 10.3. The molecule has 0 unspecified atom stereocenters. The van der Waals surface area contributed by atoms with E-state index in [1.54, 1.807) is 49.6 Å². The number of nitrogens with one attached hydrogen (secondary N) is 1. The fourth-order valence-electron chi connectivity index (χ4n) is 1.74. The lowest BCUT2D eigenvalue weighted by Gasteiger charge is -2.07. The third-order valence-electron chi connectivity index (χ3n) is 2.84. The normalized spacial score (nSPS) is 10.4. The molecule has 0 spiro atoms. The van der Waals surface area contributed by atoms with Gasteiger partial charge in [-0.1, -0.05) is 16.8 Å². The maximum atomic E-state index is 11.6. The molecule has 1 N–H and O–H groups in total. The van der Waals surface area contributed by atoms with Crippen LogP contribution >= 0.6 is 11.6 Å². The van der Waals surface area contributed by atoms with Crippen molar-refractivity contribution in [2.24, 2.45) is 5.16 Å². The van der Waals surface area contributed by atoms with Crippen LogP contribution in [0.15, 0.2) is 47.6 Å². The first kappa shape index (κ1) is 16.6. The van der Waals surface area contributed by atoms with Gasteiger partial charge in [-0.05, 0) is 42.5 Å². The minimum Gasteiger partial charge on any atom is -0.493 e. The Kier molecular flexibility index (Phi) is 5.82. The van der Waals surface area contributed by atoms with E-state index in [2.05, 4.69) is 10.5 Å². The van der Waals surface area contributed by atoms with Gasteiger partial charge in [-0.25, -0.2) is 4.79 Å². The Morgan fingerprint density at radius 2 is 1.78 bits per heavy atom. The topological polar surface area (TPSA) is 69.2 Å². The highest BCUT2D eigenvalue weighted by Crippen LogP contribution is 2.26. The number of benzene rings is 2. The fourth-order valence-corrected chi connectivity index (χ4v) is 1.87. The lowest BCUT2D eigenvalue weighted by Crippen LogP contribution is -2.10. The summed E-state index contributed by atoms with van der Waals surface area (Å²) in [5.41, 5.74) is 1.25. The van der Waals surface area contributed by atoms with Gasteiger partial charge < -0.3 is 9.47 Å². The molecule has 0 atom stereocenters. The second-order valence-corrected chi connectivity index (χ2v) is 4.80. The maximum absolute atomic E-state index is 11.6. The zero-order valence-corrected chi connectivity index (χ0v) is 13.3. The number of anilines is 1. The number of carbonyl (C=O) groups excluding carboxylic acids is 1. The molecule has 0 bridgehead atoms. The van der Waals surface area contributed by atoms with Crippen molar-refractivity contribution in [1.29, 1.82) is 0 Å². The number of methoxy groups -OCH3 is 2. The van der Waals surface area contributed by atoms with Crippen molar-refractivity contribution >= 4 is 29.6 Å². The van der Waals surface area contributed by atoms with Crippen molar-refractivity contribution in [3.63, 3.8) is 0 Å². The molecule has 0 saturated carbocycles. The second-order valence-electron chi connectivity index (χ2n) is 4.36. The summed E-state index contributed by atoms with van der Waals surface area (Å²) in [4.78, 5) is 16.3. The minimum atomic E-state index is -0.705. The number of hydrogen-bond acceptors (Lipinski definition) is 5. The molecule has 0 saturated heterocycles. The van der Waals surface area contributed by atoms with E-state index in [4.69, 9.17) is 25.9 Å². The van der Waals surface area contributed by atoms with Crippen LogP contribution in [0.1, 0.15) is 5.56 Å². The van der Waals surface area contributed by atoms with Gasteiger partial charge in [0.1, 0.15) is 0 Å². The molecule has 0 heterocycles. The van der Waals surface area contributed by atoms with Crippen LogP contribution in [0.25, 0.3) is 0 Å². The van der Waals surface area contributed by atoms with Crippen LogP contribution in [0.4, 0.5) is 10.5 Å². The highest BCUT2D eigenvalue weighted by atomic mass is 35.5. The predicted molar refractivity (Wildman–Crippen MR) is 88.7 cm³/mol. The summed E-state index contributed by atoms with van der Waals surface area (Å²) in [6.45, 7) is 0. The van der Waals surface area contributed by atoms with E-state index in [9.17, 15) is 4.79 Å². The number of hydrogen-bond donors (Lipinski definition) is 1. The highest BCUT2D eigenvalue weighted by Gasteiger charge is 2.04. The third-order valence-corrected chi connectivity index (χ3v) is 3.09. The quantitative estimate of drug-likeness (QED) is 0.511. The average Bonchev–Trinajstić information content (AvgIpc) is 2.56. The second kappa shape index (κ2) is 8.05. The van der Waals surface area contributed by atoms with E-state index in [1.807, 2.05) is 0 Å². The van der Waals surface area contributed by atoms with Gasteiger partial charge in [-0.15, -0.1) is 0 Å². The van der Waals surface area contributed by atoms with Gasteiger partial charge in [-0.2, -0.15) is 0 Å². The van der Waals surface area contributed by atoms with E-state index < -0.39 is 6.09 Å². The van der Waals surface area contributed by atoms with E-state index in [-0.39, 0.29) is 0 Å². The van der Waals surface area contributed by atoms with Crippen LogP contribution in [-0.4, -0.2) is 26.5 Å². The summed E-state index contributed by atoms with van der Waals surface area (Å²) >= 11 is 5.76. The van der Waals surface area contributed by atoms with Crippen LogP contribution in [0, 0.1) is 0 Å². The Hall–Kier alpha value is -2.73. The molecule has 0 aliphatic carbocycles. The molecule has 0 radical (unpaired) electrons. The maximum Gasteiger partial charge on any atom is 0.437 e. The van der Waals surface area contributed by atoms with Gasteiger partial charge in [0.25, 0.3) is 0 Å². The van der Waals surface area contributed by atoms with Crippen molar-refractivity contribution in [1.82, 2.24) is 0 Å². The Morgan fingerprint density at radius 1 is 1.09 bits per heavy atom. The van der Waals surface area contributed by atoms with Crippen LogP contribution in [0.2, 0.25) is 5.02 Å². The van der Waals surface area contributed by atoms with Gasteiger partial charge in [0, 0.05) is 16.3 Å². The summed E-state index contributed by atoms with van der Waals surface area (Å²) in [7, 11) is 3.09. The van der Waals surface area contributed by atoms with Crippen LogP contribution in [0.5, 0.6) is 11.5 Å². The minimum absolute atomic E-state index is 0.556. The predicted octanol–water partition coefficient (Wildman–Crippen LogP) is 3.94. The van der Waals surface area contributed by atoms with Crippen LogP contribution in [0.3, 0.4) is 0 Å². The first-order valence-corrected chi connectivity index (χ1v) is 6.99. The number of amides is 1. The van der Waals surface area contributed by atoms with Crippen molar-refractivity contribution in [3.8, 4) is 11.5 Å². The number of oxime groups is 1. The van der Waals surface area contributed by atoms with E-state index >= 15 is 0 Å². The first-order chi connectivity index (χ1) is 11.1. The first-order valence-electron chi connectivity index (χ1n) is 6.61. The largest absolute Gasteiger partial charge is 0.493 e. The van der Waals surface area contributed by atoms with Crippen molar-refractivity contribution in [2.45, 2.75) is 0 Å². The molecule has 7 heteroatoms. The molecular formula is C16H15ClN2O4. The van der Waals surface area contributed by atoms with Gasteiger partial charge in [0.2, 0.25) is 0 Å². The van der Waals surface area contributed by atoms with Crippen molar-refractivity contribution in [3.05, 3.63) is 53.1 Å². The Bertz CT molecular complexity index is 702. The number of rotatable bonds is 5. The molecule has 2 aromatic carbocycles. The number of ether oxygens (including phenoxy) is 2. The van der Waals surface area contributed by atoms with E-state index in [0.29, 0.717) is 27.8 Å². The molecule has 23 heavy (non-hydrogen) atoms. The number of carbonyl (C=O) groups is 1. The van der Waals surface area contributed by atoms with E-state index in [0.717, 1.165) is 0 Å². The number of halogens is 1. The van der Waals surface area contributed by atoms with Gasteiger partial charge >= 0.3 is 6.09 Å². The summed E-state index contributed by atoms with van der Waals surface area (Å²) in [5.74, 6) is 1.16. The lowest BCUT2D eigenvalue weighted by molar-refractivity contribution is 0.167. The van der Waals surface area contributed by atoms with Crippen molar-refractivity contribution < 1.29 is 19.1 Å². The lowest BCUT2D eigenvalue weighted by atomic mass is 10.2. The van der Waals surface area contributed by atoms with Crippen LogP contribution < -0.4 is 14.8 Å². The molecule has 0 aliphatic rings. The summed E-state index contributed by atoms with van der Waals surface area (Å²) in [6.07, 6.45) is 0.688. The highest BCUT2D eigenvalue weighted by molar-refractivity contribution is 6.30. The Labute approximate surface area is 138 Å². The van der Waals surface area contributed by atoms with Gasteiger partial charge in [-0.3, -0.25) is 10.2 Å². The van der Waals surface area contributed by atoms with E-state index in [1.165, 1.54) is 13.3 Å². The molecular weight excluding hydrogens is 320 g/mol. The van der Waals surface area contributed by atoms with Gasteiger partial charge in [0.05, 0.1) is 20.4 Å². The summed E-state index contributed by atoms with van der Waals surface area (Å²) in [6, 6.07) is 11.8. The SMILES string of the molecule is COc1ccc(C=NOC(=O)Nc2ccc(Cl)cc2)cc1OC. The summed E-state index contributed by atoms with van der Waals surface area (Å²) in [5, 5.41) is 6.72. The fraction of sp³-hybridized carbons (Fsp3) is 0.125. The Balaban J connectivity index is 1.93. The third kappa shape index (κ3) is 4.89. The molecule has 0 aromatic heterocycles. The Morgan fingerprint density at radius 3 is 2.43 bits per heavy atom. The van der Waals surface area contributed by atoms with Crippen molar-refractivity contribution in [2.75, 3.05) is 19.5 Å².